The Hall–Kier alpha value is -4.70. The third-order valence-corrected chi connectivity index (χ3v) is 7.79. The van der Waals surface area contributed by atoms with Gasteiger partial charge in [-0.2, -0.15) is 5.10 Å². The highest BCUT2D eigenvalue weighted by Gasteiger charge is 2.24. The largest absolute Gasteiger partial charge is 0.489 e. The van der Waals surface area contributed by atoms with Crippen LogP contribution in [0.4, 0.5) is 10.6 Å². The Morgan fingerprint density at radius 2 is 1.89 bits per heavy atom. The molecule has 3 aromatic heterocycles. The minimum absolute atomic E-state index is 0.0437. The molecule has 5 rings (SSSR count). The van der Waals surface area contributed by atoms with Crippen molar-refractivity contribution in [2.75, 3.05) is 5.32 Å². The Morgan fingerprint density at radius 1 is 1.11 bits per heavy atom. The number of benzene rings is 1. The highest BCUT2D eigenvalue weighted by Crippen LogP contribution is 2.27. The maximum atomic E-state index is 13.5. The predicted molar refractivity (Wildman–Crippen MR) is 177 cm³/mol. The van der Waals surface area contributed by atoms with E-state index < -0.39 is 0 Å². The van der Waals surface area contributed by atoms with Crippen LogP contribution in [0.15, 0.2) is 85.1 Å². The second-order valence-electron chi connectivity index (χ2n) is 12.8. The van der Waals surface area contributed by atoms with E-state index in [-0.39, 0.29) is 36.1 Å². The van der Waals surface area contributed by atoms with Crippen LogP contribution in [-0.2, 0) is 12.0 Å². The molecule has 10 nitrogen and oxygen atoms in total. The van der Waals surface area contributed by atoms with E-state index in [1.54, 1.807) is 4.68 Å². The van der Waals surface area contributed by atoms with Gasteiger partial charge in [-0.05, 0) is 48.2 Å². The third kappa shape index (κ3) is 7.69. The summed E-state index contributed by atoms with van der Waals surface area (Å²) in [5.41, 5.74) is 3.77. The Labute approximate surface area is 264 Å². The van der Waals surface area contributed by atoms with Gasteiger partial charge in [0.2, 0.25) is 0 Å². The number of ether oxygens (including phenoxy) is 1. The van der Waals surface area contributed by atoms with Gasteiger partial charge >= 0.3 is 6.03 Å². The zero-order valence-corrected chi connectivity index (χ0v) is 26.7. The Bertz CT molecular complexity index is 1710. The molecule has 10 heteroatoms. The van der Waals surface area contributed by atoms with Crippen molar-refractivity contribution in [2.24, 2.45) is 0 Å². The number of aliphatic hydroxyl groups is 1. The number of rotatable bonds is 7. The topological polar surface area (TPSA) is 119 Å². The summed E-state index contributed by atoms with van der Waals surface area (Å²) >= 11 is 0. The Morgan fingerprint density at radius 3 is 2.60 bits per heavy atom. The molecule has 1 aliphatic rings. The van der Waals surface area contributed by atoms with Crippen molar-refractivity contribution in [3.05, 3.63) is 102 Å². The zero-order chi connectivity index (χ0) is 32.1. The summed E-state index contributed by atoms with van der Waals surface area (Å²) in [6.07, 6.45) is 11.8. The molecule has 45 heavy (non-hydrogen) atoms. The number of hydrogen-bond acceptors (Lipinski definition) is 6. The van der Waals surface area contributed by atoms with E-state index in [0.29, 0.717) is 18.7 Å². The first kappa shape index (κ1) is 31.7. The number of hydrogen-bond donors (Lipinski definition) is 3. The summed E-state index contributed by atoms with van der Waals surface area (Å²) in [7, 11) is 0. The quantitative estimate of drug-likeness (QED) is 0.217. The number of amides is 2. The van der Waals surface area contributed by atoms with Gasteiger partial charge in [-0.3, -0.25) is 9.72 Å². The van der Waals surface area contributed by atoms with Crippen LogP contribution in [0.5, 0.6) is 5.75 Å². The summed E-state index contributed by atoms with van der Waals surface area (Å²) in [5.74, 6) is 2.40. The van der Waals surface area contributed by atoms with E-state index in [1.807, 2.05) is 71.3 Å². The van der Waals surface area contributed by atoms with Crippen molar-refractivity contribution in [2.45, 2.75) is 84.0 Å². The molecule has 0 bridgehead atoms. The van der Waals surface area contributed by atoms with Crippen LogP contribution in [-0.4, -0.2) is 47.7 Å². The highest BCUT2D eigenvalue weighted by atomic mass is 16.5. The standard InChI is InChI=1S/C35H43N7O3/c1-23(2)33-39-38-31-19-17-28(21-41(31)33)45-27-11-9-7-8-10-24(3)29(18-16-27)36-34(44)37-32-20-30(35(4,5)6)40-42(32)26-14-12-25(22-43)13-15-26/h7-10,12-15,17,19-21,23,27,29,43H,3,11,16,18,22H2,1-2,4-6H3,(H2,36,37,44)/b9-7-,10-8-/t27-,29-/m0/s1. The average molecular weight is 610 g/mol. The molecular weight excluding hydrogens is 566 g/mol. The lowest BCUT2D eigenvalue weighted by molar-refractivity contribution is 0.186. The van der Waals surface area contributed by atoms with Crippen LogP contribution in [0.1, 0.15) is 76.9 Å². The summed E-state index contributed by atoms with van der Waals surface area (Å²) in [6, 6.07) is 12.5. The third-order valence-electron chi connectivity index (χ3n) is 7.79. The molecule has 0 unspecified atom stereocenters. The molecule has 0 radical (unpaired) electrons. The monoisotopic (exact) mass is 609 g/mol. The summed E-state index contributed by atoms with van der Waals surface area (Å²) in [5, 5.41) is 29.0. The predicted octanol–water partition coefficient (Wildman–Crippen LogP) is 6.62. The number of allylic oxidation sites excluding steroid dienone is 2. The van der Waals surface area contributed by atoms with Crippen molar-refractivity contribution in [3.8, 4) is 11.4 Å². The van der Waals surface area contributed by atoms with Crippen molar-refractivity contribution in [1.82, 2.24) is 29.7 Å². The Balaban J connectivity index is 1.31. The van der Waals surface area contributed by atoms with Crippen LogP contribution >= 0.6 is 0 Å². The molecule has 3 heterocycles. The van der Waals surface area contributed by atoms with Gasteiger partial charge < -0.3 is 15.2 Å². The van der Waals surface area contributed by atoms with E-state index in [1.165, 1.54) is 0 Å². The molecule has 2 amide bonds. The van der Waals surface area contributed by atoms with E-state index >= 15 is 0 Å². The lowest BCUT2D eigenvalue weighted by Crippen LogP contribution is -2.40. The van der Waals surface area contributed by atoms with Gasteiger partial charge in [-0.25, -0.2) is 9.48 Å². The number of fused-ring (bicyclic) bond motifs is 1. The van der Waals surface area contributed by atoms with Gasteiger partial charge in [0.1, 0.15) is 23.5 Å². The minimum Gasteiger partial charge on any atom is -0.489 e. The average Bonchev–Trinajstić information content (AvgIpc) is 3.63. The molecule has 4 aromatic rings. The van der Waals surface area contributed by atoms with Crippen molar-refractivity contribution in [1.29, 1.82) is 0 Å². The summed E-state index contributed by atoms with van der Waals surface area (Å²) in [6.45, 7) is 14.6. The molecule has 0 saturated carbocycles. The molecule has 236 valence electrons. The first-order valence-electron chi connectivity index (χ1n) is 15.4. The van der Waals surface area contributed by atoms with Gasteiger partial charge in [0.15, 0.2) is 5.65 Å². The minimum atomic E-state index is -0.354. The van der Waals surface area contributed by atoms with Crippen LogP contribution in [0, 0.1) is 0 Å². The van der Waals surface area contributed by atoms with Crippen LogP contribution in [0.25, 0.3) is 11.3 Å². The second-order valence-corrected chi connectivity index (χ2v) is 12.8. The first-order chi connectivity index (χ1) is 21.5. The van der Waals surface area contributed by atoms with Crippen molar-refractivity contribution >= 4 is 17.5 Å². The normalized spacial score (nSPS) is 19.0. The van der Waals surface area contributed by atoms with Crippen LogP contribution in [0.3, 0.4) is 0 Å². The number of anilines is 1. The molecule has 0 spiro atoms. The molecule has 0 fully saturated rings. The number of aliphatic hydroxyl groups excluding tert-OH is 1. The number of urea groups is 1. The second kappa shape index (κ2) is 13.5. The molecule has 0 aliphatic heterocycles. The van der Waals surface area contributed by atoms with Crippen LogP contribution in [0.2, 0.25) is 0 Å². The number of nitrogens with one attached hydrogen (secondary N) is 2. The van der Waals surface area contributed by atoms with Crippen molar-refractivity contribution < 1.29 is 14.6 Å². The first-order valence-corrected chi connectivity index (χ1v) is 15.4. The number of pyridine rings is 1. The number of aromatic nitrogens is 5. The van der Waals surface area contributed by atoms with Crippen molar-refractivity contribution in [3.63, 3.8) is 0 Å². The molecule has 1 aliphatic carbocycles. The van der Waals surface area contributed by atoms with Gasteiger partial charge in [0, 0.05) is 23.8 Å². The zero-order valence-electron chi connectivity index (χ0n) is 26.7. The van der Waals surface area contributed by atoms with Crippen LogP contribution < -0.4 is 15.4 Å². The molecule has 0 saturated heterocycles. The van der Waals surface area contributed by atoms with Gasteiger partial charge in [-0.1, -0.05) is 77.6 Å². The van der Waals surface area contributed by atoms with E-state index in [9.17, 15) is 9.90 Å². The van der Waals surface area contributed by atoms with Gasteiger partial charge in [0.25, 0.3) is 0 Å². The van der Waals surface area contributed by atoms with Gasteiger partial charge in [0.05, 0.1) is 30.2 Å². The Kier molecular flexibility index (Phi) is 9.53. The van der Waals surface area contributed by atoms with Gasteiger partial charge in [-0.15, -0.1) is 10.2 Å². The number of carbonyl (C=O) groups excluding carboxylic acids is 1. The lowest BCUT2D eigenvalue weighted by atomic mass is 9.92. The SMILES string of the molecule is C=C1/C=C\C=C/C[C@H](Oc2ccc3nnc(C(C)C)n3c2)CC[C@@H]1NC(=O)Nc1cc(C(C)(C)C)nn1-c1ccc(CO)cc1. The fourth-order valence-electron chi connectivity index (χ4n) is 5.16. The fourth-order valence-corrected chi connectivity index (χ4v) is 5.16. The molecular formula is C35H43N7O3. The highest BCUT2D eigenvalue weighted by molar-refractivity contribution is 5.89. The van der Waals surface area contributed by atoms with E-state index in [0.717, 1.165) is 46.2 Å². The summed E-state index contributed by atoms with van der Waals surface area (Å²) < 4.78 is 10.2. The van der Waals surface area contributed by atoms with E-state index in [2.05, 4.69) is 68.1 Å². The molecule has 3 N–H and O–H groups in total. The summed E-state index contributed by atoms with van der Waals surface area (Å²) in [4.78, 5) is 13.5. The maximum Gasteiger partial charge on any atom is 0.320 e. The fraction of sp³-hybridized carbons (Fsp3) is 0.371. The molecule has 1 aromatic carbocycles. The smallest absolute Gasteiger partial charge is 0.320 e. The molecule has 2 atom stereocenters. The number of nitrogens with zero attached hydrogens (tertiary/aromatic N) is 5. The lowest BCUT2D eigenvalue weighted by Gasteiger charge is -2.24. The number of carbonyl (C=O) groups is 1. The maximum absolute atomic E-state index is 13.5. The van der Waals surface area contributed by atoms with E-state index in [4.69, 9.17) is 9.84 Å².